The molecule has 2 aromatic carbocycles. The van der Waals surface area contributed by atoms with Crippen LogP contribution in [-0.4, -0.2) is 46.7 Å². The molecule has 0 saturated heterocycles. The first-order valence-corrected chi connectivity index (χ1v) is 8.19. The Kier molecular flexibility index (Phi) is 5.65. The van der Waals surface area contributed by atoms with Crippen molar-refractivity contribution in [3.8, 4) is 28.7 Å². The van der Waals surface area contributed by atoms with Crippen molar-refractivity contribution in [2.75, 3.05) is 34.5 Å². The van der Waals surface area contributed by atoms with Crippen LogP contribution in [0.25, 0.3) is 0 Å². The third kappa shape index (κ3) is 4.05. The molecule has 8 heteroatoms. The molecule has 2 aromatic rings. The number of fused-ring (bicyclic) bond motifs is 1. The number of nitrogens with one attached hydrogen (secondary N) is 1. The maximum Gasteiger partial charge on any atom is 0.271 e. The van der Waals surface area contributed by atoms with Gasteiger partial charge in [0.15, 0.2) is 23.0 Å². The Hall–Kier alpha value is -3.42. The molecule has 0 unspecified atom stereocenters. The summed E-state index contributed by atoms with van der Waals surface area (Å²) in [4.78, 5) is 12.4. The molecule has 142 valence electrons. The third-order valence-corrected chi connectivity index (χ3v) is 3.87. The average molecular weight is 372 g/mol. The van der Waals surface area contributed by atoms with Crippen molar-refractivity contribution in [2.24, 2.45) is 5.10 Å². The highest BCUT2D eigenvalue weighted by atomic mass is 16.6. The summed E-state index contributed by atoms with van der Waals surface area (Å²) in [6.07, 6.45) is 1.52. The van der Waals surface area contributed by atoms with E-state index >= 15 is 0 Å². The van der Waals surface area contributed by atoms with Crippen molar-refractivity contribution in [2.45, 2.75) is 0 Å². The van der Waals surface area contributed by atoms with Gasteiger partial charge < -0.3 is 23.7 Å². The van der Waals surface area contributed by atoms with Gasteiger partial charge in [0.05, 0.1) is 27.5 Å². The maximum absolute atomic E-state index is 12.4. The van der Waals surface area contributed by atoms with Crippen molar-refractivity contribution in [3.63, 3.8) is 0 Å². The number of nitrogens with zero attached hydrogens (tertiary/aromatic N) is 1. The van der Waals surface area contributed by atoms with Gasteiger partial charge in [0.1, 0.15) is 13.2 Å². The number of rotatable bonds is 6. The van der Waals surface area contributed by atoms with Crippen LogP contribution in [0.4, 0.5) is 0 Å². The van der Waals surface area contributed by atoms with Gasteiger partial charge in [-0.25, -0.2) is 5.43 Å². The number of amides is 1. The summed E-state index contributed by atoms with van der Waals surface area (Å²) in [5, 5.41) is 3.99. The van der Waals surface area contributed by atoms with Gasteiger partial charge in [0.25, 0.3) is 5.91 Å². The molecule has 1 N–H and O–H groups in total. The highest BCUT2D eigenvalue weighted by Gasteiger charge is 2.17. The lowest BCUT2D eigenvalue weighted by molar-refractivity contribution is 0.0954. The van der Waals surface area contributed by atoms with Crippen LogP contribution in [0.15, 0.2) is 35.4 Å². The zero-order chi connectivity index (χ0) is 19.2. The molecule has 0 radical (unpaired) electrons. The predicted octanol–water partition coefficient (Wildman–Crippen LogP) is 2.25. The Bertz CT molecular complexity index is 840. The molecule has 0 aliphatic carbocycles. The summed E-state index contributed by atoms with van der Waals surface area (Å²) in [6, 6.07) is 8.52. The number of methoxy groups -OCH3 is 3. The van der Waals surface area contributed by atoms with Crippen LogP contribution in [0.5, 0.6) is 28.7 Å². The van der Waals surface area contributed by atoms with E-state index in [9.17, 15) is 4.79 Å². The van der Waals surface area contributed by atoms with E-state index in [1.807, 2.05) is 6.07 Å². The van der Waals surface area contributed by atoms with Gasteiger partial charge >= 0.3 is 0 Å². The van der Waals surface area contributed by atoms with E-state index in [1.54, 1.807) is 24.3 Å². The fourth-order valence-corrected chi connectivity index (χ4v) is 2.58. The molecule has 1 amide bonds. The molecule has 3 rings (SSSR count). The summed E-state index contributed by atoms with van der Waals surface area (Å²) in [5.74, 6) is 2.12. The Morgan fingerprint density at radius 2 is 1.67 bits per heavy atom. The van der Waals surface area contributed by atoms with Crippen molar-refractivity contribution in [1.82, 2.24) is 5.43 Å². The van der Waals surface area contributed by atoms with Crippen LogP contribution in [0, 0.1) is 0 Å². The molecule has 0 spiro atoms. The van der Waals surface area contributed by atoms with E-state index in [1.165, 1.54) is 27.5 Å². The number of hydrogen-bond acceptors (Lipinski definition) is 7. The van der Waals surface area contributed by atoms with Gasteiger partial charge in [0.2, 0.25) is 5.75 Å². The lowest BCUT2D eigenvalue weighted by Crippen LogP contribution is -2.18. The number of hydrogen-bond donors (Lipinski definition) is 1. The monoisotopic (exact) mass is 372 g/mol. The molecule has 0 aromatic heterocycles. The van der Waals surface area contributed by atoms with Gasteiger partial charge in [-0.15, -0.1) is 0 Å². The van der Waals surface area contributed by atoms with Crippen LogP contribution in [-0.2, 0) is 0 Å². The number of benzene rings is 2. The molecular weight excluding hydrogens is 352 g/mol. The van der Waals surface area contributed by atoms with Gasteiger partial charge in [-0.3, -0.25) is 4.79 Å². The summed E-state index contributed by atoms with van der Waals surface area (Å²) >= 11 is 0. The second-order valence-electron chi connectivity index (χ2n) is 5.52. The van der Waals surface area contributed by atoms with Crippen LogP contribution < -0.4 is 29.1 Å². The van der Waals surface area contributed by atoms with E-state index in [2.05, 4.69) is 10.5 Å². The van der Waals surface area contributed by atoms with Crippen LogP contribution in [0.3, 0.4) is 0 Å². The fraction of sp³-hybridized carbons (Fsp3) is 0.263. The first kappa shape index (κ1) is 18.4. The van der Waals surface area contributed by atoms with E-state index in [0.29, 0.717) is 47.5 Å². The lowest BCUT2D eigenvalue weighted by Gasteiger charge is -2.18. The number of ether oxygens (including phenoxy) is 5. The summed E-state index contributed by atoms with van der Waals surface area (Å²) in [5.41, 5.74) is 3.57. The standard InChI is InChI=1S/C19H20N2O6/c1-23-16-9-13(10-17(24-2)18(16)25-3)19(22)21-20-11-12-4-5-14-15(8-12)27-7-6-26-14/h4-5,8-11H,6-7H2,1-3H3,(H,21,22)/b20-11-. The minimum atomic E-state index is -0.414. The van der Waals surface area contributed by atoms with Crippen LogP contribution in [0.2, 0.25) is 0 Å². The first-order chi connectivity index (χ1) is 13.2. The number of carbonyl (C=O) groups is 1. The SMILES string of the molecule is COc1cc(C(=O)N/N=C\c2ccc3c(c2)OCCO3)cc(OC)c1OC. The van der Waals surface area contributed by atoms with Crippen LogP contribution in [0.1, 0.15) is 15.9 Å². The highest BCUT2D eigenvalue weighted by molar-refractivity contribution is 5.96. The Morgan fingerprint density at radius 3 is 2.30 bits per heavy atom. The van der Waals surface area contributed by atoms with Crippen molar-refractivity contribution >= 4 is 12.1 Å². The maximum atomic E-state index is 12.4. The normalized spacial score (nSPS) is 12.6. The van der Waals surface area contributed by atoms with E-state index in [-0.39, 0.29) is 0 Å². The first-order valence-electron chi connectivity index (χ1n) is 8.19. The minimum Gasteiger partial charge on any atom is -0.493 e. The van der Waals surface area contributed by atoms with Crippen molar-refractivity contribution in [3.05, 3.63) is 41.5 Å². The largest absolute Gasteiger partial charge is 0.493 e. The molecule has 0 bridgehead atoms. The van der Waals surface area contributed by atoms with Gasteiger partial charge in [0, 0.05) is 5.56 Å². The quantitative estimate of drug-likeness (QED) is 0.618. The molecule has 0 atom stereocenters. The molecule has 8 nitrogen and oxygen atoms in total. The van der Waals surface area contributed by atoms with Crippen molar-refractivity contribution < 1.29 is 28.5 Å². The molecule has 0 fully saturated rings. The van der Waals surface area contributed by atoms with E-state index in [0.717, 1.165) is 5.56 Å². The number of carbonyl (C=O) groups excluding carboxylic acids is 1. The minimum absolute atomic E-state index is 0.323. The van der Waals surface area contributed by atoms with Gasteiger partial charge in [-0.2, -0.15) is 5.10 Å². The molecule has 27 heavy (non-hydrogen) atoms. The fourth-order valence-electron chi connectivity index (χ4n) is 2.58. The predicted molar refractivity (Wildman–Crippen MR) is 98.6 cm³/mol. The summed E-state index contributed by atoms with van der Waals surface area (Å²) in [6.45, 7) is 1.04. The molecule has 1 heterocycles. The molecule has 0 saturated carbocycles. The van der Waals surface area contributed by atoms with Gasteiger partial charge in [-0.1, -0.05) is 0 Å². The van der Waals surface area contributed by atoms with Crippen LogP contribution >= 0.6 is 0 Å². The average Bonchev–Trinajstić information content (AvgIpc) is 2.72. The summed E-state index contributed by atoms with van der Waals surface area (Å²) < 4.78 is 26.7. The molecule has 1 aliphatic heterocycles. The van der Waals surface area contributed by atoms with E-state index in [4.69, 9.17) is 23.7 Å². The Labute approximate surface area is 156 Å². The Balaban J connectivity index is 1.73. The Morgan fingerprint density at radius 1 is 1.00 bits per heavy atom. The topological polar surface area (TPSA) is 87.6 Å². The summed E-state index contributed by atoms with van der Waals surface area (Å²) in [7, 11) is 4.47. The molecule has 1 aliphatic rings. The second kappa shape index (κ2) is 8.31. The molecular formula is C19H20N2O6. The van der Waals surface area contributed by atoms with Crippen molar-refractivity contribution in [1.29, 1.82) is 0 Å². The zero-order valence-electron chi connectivity index (χ0n) is 15.3. The second-order valence-corrected chi connectivity index (χ2v) is 5.52. The lowest BCUT2D eigenvalue weighted by atomic mass is 10.1. The smallest absolute Gasteiger partial charge is 0.271 e. The highest BCUT2D eigenvalue weighted by Crippen LogP contribution is 2.38. The van der Waals surface area contributed by atoms with E-state index < -0.39 is 5.91 Å². The zero-order valence-corrected chi connectivity index (χ0v) is 15.3. The third-order valence-electron chi connectivity index (χ3n) is 3.87. The van der Waals surface area contributed by atoms with Gasteiger partial charge in [-0.05, 0) is 35.9 Å². The number of hydrazone groups is 1.